The summed E-state index contributed by atoms with van der Waals surface area (Å²) in [6.07, 6.45) is 2.17. The molecule has 0 radical (unpaired) electrons. The highest BCUT2D eigenvalue weighted by atomic mass is 16.5. The molecule has 0 atom stereocenters. The molecule has 26 heavy (non-hydrogen) atoms. The molecule has 140 valence electrons. The first-order chi connectivity index (χ1) is 12.5. The van der Waals surface area contributed by atoms with Gasteiger partial charge in [0.2, 0.25) is 5.91 Å². The Morgan fingerprint density at radius 3 is 2.69 bits per heavy atom. The fourth-order valence-electron chi connectivity index (χ4n) is 3.11. The zero-order valence-corrected chi connectivity index (χ0v) is 14.5. The minimum atomic E-state index is -1.04. The Bertz CT molecular complexity index is 700. The highest BCUT2D eigenvalue weighted by Crippen LogP contribution is 2.24. The van der Waals surface area contributed by atoms with Crippen molar-refractivity contribution in [2.75, 3.05) is 36.5 Å². The summed E-state index contributed by atoms with van der Waals surface area (Å²) in [7, 11) is 0. The minimum absolute atomic E-state index is 0.00489. The van der Waals surface area contributed by atoms with Crippen LogP contribution in [0.25, 0.3) is 0 Å². The first-order valence-electron chi connectivity index (χ1n) is 8.77. The second-order valence-electron chi connectivity index (χ2n) is 6.67. The van der Waals surface area contributed by atoms with Crippen molar-refractivity contribution in [3.8, 4) is 0 Å². The Morgan fingerprint density at radius 2 is 2.00 bits per heavy atom. The molecule has 1 aromatic rings. The van der Waals surface area contributed by atoms with Crippen LogP contribution in [0.5, 0.6) is 0 Å². The van der Waals surface area contributed by atoms with E-state index in [-0.39, 0.29) is 12.5 Å². The molecule has 0 unspecified atom stereocenters. The van der Waals surface area contributed by atoms with Gasteiger partial charge in [0.15, 0.2) is 0 Å². The van der Waals surface area contributed by atoms with Gasteiger partial charge >= 0.3 is 11.8 Å². The third kappa shape index (κ3) is 4.39. The lowest BCUT2D eigenvalue weighted by atomic mass is 9.94. The lowest BCUT2D eigenvalue weighted by Gasteiger charge is -2.31. The fourth-order valence-corrected chi connectivity index (χ4v) is 3.11. The van der Waals surface area contributed by atoms with Crippen LogP contribution in [0.2, 0.25) is 0 Å². The predicted molar refractivity (Wildman–Crippen MR) is 94.7 cm³/mol. The summed E-state index contributed by atoms with van der Waals surface area (Å²) in [5.74, 6) is -1.57. The average Bonchev–Trinajstić information content (AvgIpc) is 3.06. The number of hydrogen-bond donors (Lipinski definition) is 3. The van der Waals surface area contributed by atoms with Crippen LogP contribution >= 0.6 is 0 Å². The molecule has 1 aromatic carbocycles. The second kappa shape index (κ2) is 7.84. The molecule has 0 spiro atoms. The van der Waals surface area contributed by atoms with E-state index >= 15 is 0 Å². The normalized spacial score (nSPS) is 19.3. The molecule has 8 nitrogen and oxygen atoms in total. The quantitative estimate of drug-likeness (QED) is 0.673. The number of aliphatic hydroxyl groups is 1. The lowest BCUT2D eigenvalue weighted by molar-refractivity contribution is -0.137. The number of ether oxygens (including phenoxy) is 1. The molecule has 3 N–H and O–H groups in total. The maximum Gasteiger partial charge on any atom is 0.313 e. The molecule has 0 bridgehead atoms. The Hall–Kier alpha value is -2.45. The van der Waals surface area contributed by atoms with Crippen molar-refractivity contribution in [1.82, 2.24) is 5.32 Å². The molecule has 2 heterocycles. The maximum absolute atomic E-state index is 12.1. The molecule has 8 heteroatoms. The van der Waals surface area contributed by atoms with Crippen LogP contribution in [-0.4, -0.2) is 54.7 Å². The highest BCUT2D eigenvalue weighted by Gasteiger charge is 2.31. The van der Waals surface area contributed by atoms with Gasteiger partial charge < -0.3 is 25.4 Å². The summed E-state index contributed by atoms with van der Waals surface area (Å²) >= 11 is 0. The Labute approximate surface area is 151 Å². The van der Waals surface area contributed by atoms with E-state index in [2.05, 4.69) is 10.6 Å². The highest BCUT2D eigenvalue weighted by molar-refractivity contribution is 6.39. The van der Waals surface area contributed by atoms with Crippen LogP contribution in [-0.2, 0) is 19.1 Å². The molecule has 2 aliphatic rings. The molecule has 0 saturated carbocycles. The van der Waals surface area contributed by atoms with Gasteiger partial charge in [-0.2, -0.15) is 0 Å². The largest absolute Gasteiger partial charge is 0.388 e. The number of carbonyl (C=O) groups excluding carboxylic acids is 3. The van der Waals surface area contributed by atoms with E-state index in [4.69, 9.17) is 4.74 Å². The van der Waals surface area contributed by atoms with Crippen molar-refractivity contribution in [2.24, 2.45) is 0 Å². The summed E-state index contributed by atoms with van der Waals surface area (Å²) < 4.78 is 5.18. The molecule has 2 saturated heterocycles. The van der Waals surface area contributed by atoms with Crippen LogP contribution in [0.1, 0.15) is 25.7 Å². The van der Waals surface area contributed by atoms with Crippen molar-refractivity contribution < 1.29 is 24.2 Å². The Kier molecular flexibility index (Phi) is 5.53. The van der Waals surface area contributed by atoms with Crippen LogP contribution in [0.3, 0.4) is 0 Å². The number of anilines is 2. The zero-order valence-electron chi connectivity index (χ0n) is 14.5. The maximum atomic E-state index is 12.1. The SMILES string of the molecule is O=C(NCC1(O)CCOCC1)C(=O)Nc1cccc(N2CCCC2=O)c1. The summed E-state index contributed by atoms with van der Waals surface area (Å²) in [5.41, 5.74) is 0.0962. The van der Waals surface area contributed by atoms with E-state index in [0.29, 0.717) is 50.4 Å². The first-order valence-corrected chi connectivity index (χ1v) is 8.77. The first kappa shape index (κ1) is 18.3. The van der Waals surface area contributed by atoms with Gasteiger partial charge in [0.25, 0.3) is 0 Å². The lowest BCUT2D eigenvalue weighted by Crippen LogP contribution is -2.48. The number of nitrogens with zero attached hydrogens (tertiary/aromatic N) is 1. The van der Waals surface area contributed by atoms with Crippen molar-refractivity contribution >= 4 is 29.1 Å². The van der Waals surface area contributed by atoms with Gasteiger partial charge in [-0.3, -0.25) is 14.4 Å². The smallest absolute Gasteiger partial charge is 0.313 e. The predicted octanol–water partition coefficient (Wildman–Crippen LogP) is 0.410. The minimum Gasteiger partial charge on any atom is -0.388 e. The van der Waals surface area contributed by atoms with E-state index in [1.54, 1.807) is 29.2 Å². The average molecular weight is 361 g/mol. The van der Waals surface area contributed by atoms with Crippen molar-refractivity contribution in [1.29, 1.82) is 0 Å². The number of benzene rings is 1. The third-order valence-electron chi connectivity index (χ3n) is 4.70. The van der Waals surface area contributed by atoms with Crippen molar-refractivity contribution in [3.05, 3.63) is 24.3 Å². The number of hydrogen-bond acceptors (Lipinski definition) is 5. The van der Waals surface area contributed by atoms with Gasteiger partial charge in [0.1, 0.15) is 0 Å². The molecule has 3 rings (SSSR count). The molecule has 2 aliphatic heterocycles. The summed E-state index contributed by atoms with van der Waals surface area (Å²) in [4.78, 5) is 37.6. The van der Waals surface area contributed by atoms with Gasteiger partial charge in [-0.05, 0) is 24.6 Å². The van der Waals surface area contributed by atoms with Gasteiger partial charge in [-0.1, -0.05) is 6.07 Å². The molecule has 0 aromatic heterocycles. The molecule has 3 amide bonds. The standard InChI is InChI=1S/C18H23N3O5/c22-15-5-2-8-21(15)14-4-1-3-13(11-14)20-17(24)16(23)19-12-18(25)6-9-26-10-7-18/h1,3-4,11,25H,2,5-10,12H2,(H,19,23)(H,20,24). The third-order valence-corrected chi connectivity index (χ3v) is 4.70. The number of carbonyl (C=O) groups is 3. The van der Waals surface area contributed by atoms with Crippen LogP contribution in [0.15, 0.2) is 24.3 Å². The molecular formula is C18H23N3O5. The molecule has 0 aliphatic carbocycles. The summed E-state index contributed by atoms with van der Waals surface area (Å²) in [6, 6.07) is 6.83. The van der Waals surface area contributed by atoms with Crippen LogP contribution < -0.4 is 15.5 Å². The topological polar surface area (TPSA) is 108 Å². The van der Waals surface area contributed by atoms with Crippen LogP contribution in [0.4, 0.5) is 11.4 Å². The molecular weight excluding hydrogens is 338 g/mol. The zero-order chi connectivity index (χ0) is 18.6. The van der Waals surface area contributed by atoms with Crippen molar-refractivity contribution in [3.63, 3.8) is 0 Å². The van der Waals surface area contributed by atoms with Gasteiger partial charge in [-0.25, -0.2) is 0 Å². The second-order valence-corrected chi connectivity index (χ2v) is 6.67. The van der Waals surface area contributed by atoms with E-state index in [9.17, 15) is 19.5 Å². The van der Waals surface area contributed by atoms with E-state index in [0.717, 1.165) is 6.42 Å². The van der Waals surface area contributed by atoms with Gasteiger partial charge in [0, 0.05) is 56.9 Å². The van der Waals surface area contributed by atoms with Crippen LogP contribution in [0, 0.1) is 0 Å². The number of amides is 3. The summed E-state index contributed by atoms with van der Waals surface area (Å²) in [5, 5.41) is 15.3. The Morgan fingerprint density at radius 1 is 1.23 bits per heavy atom. The van der Waals surface area contributed by atoms with Gasteiger partial charge in [0.05, 0.1) is 5.60 Å². The number of nitrogens with one attached hydrogen (secondary N) is 2. The number of rotatable bonds is 4. The van der Waals surface area contributed by atoms with Crippen molar-refractivity contribution in [2.45, 2.75) is 31.3 Å². The monoisotopic (exact) mass is 361 g/mol. The van der Waals surface area contributed by atoms with E-state index in [1.807, 2.05) is 0 Å². The van der Waals surface area contributed by atoms with E-state index in [1.165, 1.54) is 0 Å². The van der Waals surface area contributed by atoms with E-state index < -0.39 is 17.4 Å². The molecule has 2 fully saturated rings. The fraction of sp³-hybridized carbons (Fsp3) is 0.500. The van der Waals surface area contributed by atoms with Gasteiger partial charge in [-0.15, -0.1) is 0 Å². The summed E-state index contributed by atoms with van der Waals surface area (Å²) in [6.45, 7) is 1.52. The Balaban J connectivity index is 1.55.